The predicted molar refractivity (Wildman–Crippen MR) is 624 cm³/mol. The van der Waals surface area contributed by atoms with Gasteiger partial charge in [0.25, 0.3) is 0 Å². The molecule has 17 aromatic carbocycles. The number of hydrogen-bond acceptors (Lipinski definition) is 17. The molecule has 0 spiro atoms. The molecule has 8 heterocycles. The molecule has 0 saturated heterocycles. The molecule has 744 valence electrons. The van der Waals surface area contributed by atoms with Gasteiger partial charge in [0, 0.05) is 46.0 Å². The highest BCUT2D eigenvalue weighted by Crippen LogP contribution is 2.34. The van der Waals surface area contributed by atoms with Crippen molar-refractivity contribution >= 4 is 193 Å². The number of aromatic nitrogens is 16. The quantitative estimate of drug-likeness (QED) is 0.0235. The number of rotatable bonds is 26. The lowest BCUT2D eigenvalue weighted by molar-refractivity contribution is 0.414. The van der Waals surface area contributed by atoms with Crippen LogP contribution < -0.4 is 4.74 Å². The van der Waals surface area contributed by atoms with Crippen molar-refractivity contribution in [2.75, 3.05) is 7.11 Å². The van der Waals surface area contributed by atoms with Crippen LogP contribution in [0.25, 0.3) is 99.0 Å². The molecule has 0 unspecified atom stereocenters. The van der Waals surface area contributed by atoms with Crippen molar-refractivity contribution in [2.45, 2.75) is 121 Å². The largest absolute Gasteiger partial charge is 0.497 e. The summed E-state index contributed by atoms with van der Waals surface area (Å²) in [6, 6.07) is 138. The number of halogens is 2. The summed E-state index contributed by atoms with van der Waals surface area (Å²) in [4.78, 5) is 62.7. The number of fused-ring (bicyclic) bond motifs is 9. The summed E-state index contributed by atoms with van der Waals surface area (Å²) in [7, 11) is 1.68. The summed E-state index contributed by atoms with van der Waals surface area (Å²) in [5.74, 6) is 7.99. The number of benzene rings is 17. The van der Waals surface area contributed by atoms with Crippen LogP contribution in [0.5, 0.6) is 5.75 Å². The van der Waals surface area contributed by atoms with Gasteiger partial charge in [-0.05, 0) is 208 Å². The molecule has 17 nitrogen and oxygen atoms in total. The summed E-state index contributed by atoms with van der Waals surface area (Å²) >= 11 is 13.5. The third kappa shape index (κ3) is 31.0. The van der Waals surface area contributed by atoms with E-state index < -0.39 is 0 Å². The van der Waals surface area contributed by atoms with Crippen LogP contribution in [-0.2, 0) is 46.0 Å². The molecule has 8 N–H and O–H groups in total. The van der Waals surface area contributed by atoms with E-state index in [4.69, 9.17) is 4.74 Å². The number of imidazole rings is 8. The van der Waals surface area contributed by atoms with Gasteiger partial charge in [0.05, 0.1) is 95.4 Å². The summed E-state index contributed by atoms with van der Waals surface area (Å²) in [6.45, 7) is 8.67. The molecule has 0 bridgehead atoms. The zero-order valence-electron chi connectivity index (χ0n) is 82.5. The second-order valence-electron chi connectivity index (χ2n) is 34.9. The minimum absolute atomic E-state index is 0.166. The van der Waals surface area contributed by atoms with E-state index in [1.54, 1.807) is 114 Å². The van der Waals surface area contributed by atoms with E-state index in [2.05, 4.69) is 289 Å². The third-order valence-electron chi connectivity index (χ3n) is 23.4. The van der Waals surface area contributed by atoms with Gasteiger partial charge in [-0.1, -0.05) is 404 Å². The normalized spacial score (nSPS) is 11.0. The molecule has 25 rings (SSSR count). The fourth-order valence-electron chi connectivity index (χ4n) is 15.5. The van der Waals surface area contributed by atoms with Gasteiger partial charge >= 0.3 is 0 Å². The Morgan fingerprint density at radius 1 is 0.228 bits per heavy atom. The van der Waals surface area contributed by atoms with Gasteiger partial charge in [0.1, 0.15) is 17.4 Å². The number of hydrogen-bond donors (Lipinski definition) is 8. The number of H-pyrrole nitrogens is 8. The van der Waals surface area contributed by atoms with Gasteiger partial charge in [-0.15, -0.1) is 0 Å². The fourth-order valence-corrected chi connectivity index (χ4v) is 22.3. The first-order chi connectivity index (χ1) is 73.1. The van der Waals surface area contributed by atoms with Crippen molar-refractivity contribution in [1.29, 1.82) is 0 Å². The van der Waals surface area contributed by atoms with Crippen molar-refractivity contribution in [3.05, 3.63) is 485 Å². The van der Waals surface area contributed by atoms with Crippen LogP contribution in [0.4, 0.5) is 8.78 Å². The van der Waals surface area contributed by atoms with E-state index >= 15 is 0 Å². The summed E-state index contributed by atoms with van der Waals surface area (Å²) < 4.78 is 31.6. The molecule has 0 amide bonds. The molecule has 0 aliphatic heterocycles. The minimum atomic E-state index is -0.197. The van der Waals surface area contributed by atoms with Crippen molar-refractivity contribution < 1.29 is 13.5 Å². The topological polar surface area (TPSA) is 239 Å². The number of nitrogens with one attached hydrogen (secondary N) is 8. The van der Waals surface area contributed by atoms with E-state index in [0.717, 1.165) is 175 Å². The number of thioether (sulfide) groups is 8. The number of para-hydroxylation sites is 16. The number of ether oxygens (including phenoxy) is 1. The Bertz CT molecular complexity index is 8180. The second-order valence-corrected chi connectivity index (χ2v) is 42.6. The lowest BCUT2D eigenvalue weighted by Gasteiger charge is -2.06. The maximum Gasteiger partial charge on any atom is 0.166 e. The van der Waals surface area contributed by atoms with Crippen molar-refractivity contribution in [3.8, 4) is 5.75 Å². The molecular weight excluding hydrogens is 2000 g/mol. The van der Waals surface area contributed by atoms with Crippen LogP contribution in [0.2, 0.25) is 0 Å². The fraction of sp³-hybridized carbons (Fsp3) is 0.115. The SMILES string of the molecule is CC(C)c1ccc(CSc2nc3ccccc3[nH]2)cc1.COc1ccc(CSc2nc3ccccc3[nH]2)cc1.Cc1ccc(CSc2nc3ccccc3[nH]2)cc1.Cc1cccc(CSc2nc3ccccc3[nH]2)c1.Fc1cccc(CSc2nc3ccccc3[nH]2)c1.Fc1ccccc1CSc1nc2ccccc2[nH]1.c1ccc(CSc2nc3ccccc3[nH]2)cc1.c1ccc2cc(CSc3nc4ccccc4[nH]3)ccc2c1. The first kappa shape index (κ1) is 104. The molecule has 0 aliphatic rings. The highest BCUT2D eigenvalue weighted by Gasteiger charge is 2.14. The molecule has 0 aliphatic carbocycles. The zero-order valence-corrected chi connectivity index (χ0v) is 89.0. The first-order valence-corrected chi connectivity index (χ1v) is 56.4. The number of aromatic amines is 8. The Labute approximate surface area is 897 Å². The Kier molecular flexibility index (Phi) is 37.2. The predicted octanol–water partition coefficient (Wildman–Crippen LogP) is 34.0. The number of aryl methyl sites for hydroxylation is 2. The molecule has 25 aromatic rings. The second kappa shape index (κ2) is 53.2. The van der Waals surface area contributed by atoms with E-state index in [-0.39, 0.29) is 11.6 Å². The van der Waals surface area contributed by atoms with Crippen molar-refractivity contribution in [2.24, 2.45) is 0 Å². The van der Waals surface area contributed by atoms with E-state index in [1.165, 1.54) is 84.7 Å². The van der Waals surface area contributed by atoms with Crippen LogP contribution in [-0.4, -0.2) is 86.9 Å². The number of methoxy groups -OCH3 is 1. The van der Waals surface area contributed by atoms with Crippen LogP contribution in [0.3, 0.4) is 0 Å². The van der Waals surface area contributed by atoms with Gasteiger partial charge in [0.15, 0.2) is 41.3 Å². The average molecular weight is 2110 g/mol. The van der Waals surface area contributed by atoms with Crippen LogP contribution in [0.1, 0.15) is 81.0 Å². The molecule has 0 saturated carbocycles. The molecular formula is C122H108F2N16OS8. The molecule has 0 fully saturated rings. The van der Waals surface area contributed by atoms with Crippen LogP contribution in [0.15, 0.2) is 454 Å². The highest BCUT2D eigenvalue weighted by atomic mass is 32.2. The lowest BCUT2D eigenvalue weighted by Crippen LogP contribution is -1.88. The molecule has 149 heavy (non-hydrogen) atoms. The van der Waals surface area contributed by atoms with Gasteiger partial charge in [0.2, 0.25) is 0 Å². The Morgan fingerprint density at radius 3 is 0.832 bits per heavy atom. The van der Waals surface area contributed by atoms with E-state index in [0.29, 0.717) is 23.0 Å². The summed E-state index contributed by atoms with van der Waals surface area (Å²) in [5.41, 5.74) is 30.2. The smallest absolute Gasteiger partial charge is 0.166 e. The Balaban J connectivity index is 0.000000111. The standard InChI is InChI=1S/C18H14N2S.C17H18N2S.C15H14N2OS.2C15H14N2S.2C14H11FN2S.C14H12N2S/c1-2-6-15-11-13(9-10-14(15)5-1)12-21-18-19-16-7-3-4-8-17(16)20-18;1-12(2)14-9-7-13(8-10-14)11-20-17-18-15-5-3-4-6-16(15)19-17;1-18-12-8-6-11(7-9-12)10-19-15-16-13-4-2-3-5-14(13)17-15;1-11-5-4-6-12(9-11)10-18-15-16-13-7-2-3-8-14(13)17-15;1-11-6-8-12(9-7-11)10-18-15-16-13-4-2-3-5-14(13)17-15;15-11-5-3-4-10(8-11)9-18-14-16-12-6-1-2-7-13(12)17-14;15-11-6-2-1-5-10(11)9-18-14-16-12-7-3-4-8-13(12)17-14;1-2-6-11(7-3-1)10-17-14-15-12-8-4-5-9-13(12)16-14/h1-11H,12H2,(H,19,20);3-10,12H,11H2,1-2H3,(H,18,19);2-9H,10H2,1H3,(H,16,17);2*2-9H,10H2,1H3,(H,16,17);2*1-8H,9H2,(H,16,17);1-9H,10H2,(H,15,16). The molecule has 0 atom stereocenters. The summed E-state index contributed by atoms with van der Waals surface area (Å²) in [6.07, 6.45) is 0. The molecule has 27 heteroatoms. The molecule has 0 radical (unpaired) electrons. The van der Waals surface area contributed by atoms with Gasteiger partial charge < -0.3 is 44.6 Å². The average Bonchev–Trinajstić information content (AvgIpc) is 1.64. The maximum absolute atomic E-state index is 13.5. The maximum atomic E-state index is 13.5. The number of nitrogens with zero attached hydrogens (tertiary/aromatic N) is 8. The van der Waals surface area contributed by atoms with Crippen LogP contribution in [0, 0.1) is 25.5 Å². The minimum Gasteiger partial charge on any atom is -0.497 e. The van der Waals surface area contributed by atoms with Gasteiger partial charge in [-0.2, -0.15) is 0 Å². The summed E-state index contributed by atoms with van der Waals surface area (Å²) in [5, 5.41) is 10.1. The molecule has 8 aromatic heterocycles. The lowest BCUT2D eigenvalue weighted by atomic mass is 10.0. The van der Waals surface area contributed by atoms with Crippen LogP contribution >= 0.6 is 94.1 Å². The van der Waals surface area contributed by atoms with Crippen molar-refractivity contribution in [3.63, 3.8) is 0 Å². The highest BCUT2D eigenvalue weighted by molar-refractivity contribution is 8.00. The monoisotopic (exact) mass is 2110 g/mol. The van der Waals surface area contributed by atoms with Gasteiger partial charge in [-0.25, -0.2) is 48.7 Å². The first-order valence-electron chi connectivity index (χ1n) is 48.6. The zero-order chi connectivity index (χ0) is 102. The van der Waals surface area contributed by atoms with E-state index in [1.807, 2.05) is 194 Å². The Morgan fingerprint density at radius 2 is 0.497 bits per heavy atom. The Hall–Kier alpha value is -14.8. The van der Waals surface area contributed by atoms with E-state index in [9.17, 15) is 8.78 Å². The third-order valence-corrected chi connectivity index (χ3v) is 31.0. The van der Waals surface area contributed by atoms with Gasteiger partial charge in [-0.3, -0.25) is 0 Å². The van der Waals surface area contributed by atoms with Crippen molar-refractivity contribution in [1.82, 2.24) is 79.7 Å².